The molecule has 0 N–H and O–H groups in total. The van der Waals surface area contributed by atoms with Crippen LogP contribution in [0.25, 0.3) is 11.4 Å². The van der Waals surface area contributed by atoms with Gasteiger partial charge in [0.05, 0.1) is 23.9 Å². The smallest absolute Gasteiger partial charge is 0.243 e. The Morgan fingerprint density at radius 3 is 2.52 bits per heavy atom. The first-order valence-electron chi connectivity index (χ1n) is 10.7. The zero-order valence-corrected chi connectivity index (χ0v) is 19.5. The van der Waals surface area contributed by atoms with Crippen LogP contribution in [0.2, 0.25) is 0 Å². The zero-order valence-electron chi connectivity index (χ0n) is 17.8. The normalized spacial score (nSPS) is 17.2. The van der Waals surface area contributed by atoms with Gasteiger partial charge in [0.15, 0.2) is 16.8 Å². The van der Waals surface area contributed by atoms with Crippen molar-refractivity contribution in [3.63, 3.8) is 0 Å². The number of benzene rings is 1. The number of thioether (sulfide) groups is 1. The second kappa shape index (κ2) is 9.34. The van der Waals surface area contributed by atoms with Crippen LogP contribution in [-0.4, -0.2) is 70.3 Å². The van der Waals surface area contributed by atoms with Gasteiger partial charge in [0.1, 0.15) is 0 Å². The molecule has 1 aliphatic carbocycles. The van der Waals surface area contributed by atoms with E-state index in [1.165, 1.54) is 28.2 Å². The summed E-state index contributed by atoms with van der Waals surface area (Å²) in [6.45, 7) is 1.45. The van der Waals surface area contributed by atoms with Crippen molar-refractivity contribution in [3.8, 4) is 11.4 Å². The predicted molar refractivity (Wildman–Crippen MR) is 123 cm³/mol. The Kier molecular flexibility index (Phi) is 6.28. The summed E-state index contributed by atoms with van der Waals surface area (Å²) in [5.74, 6) is 0.856. The van der Waals surface area contributed by atoms with E-state index in [0.29, 0.717) is 43.1 Å². The molecule has 3 heterocycles. The van der Waals surface area contributed by atoms with Gasteiger partial charge in [-0.25, -0.2) is 8.42 Å². The van der Waals surface area contributed by atoms with E-state index >= 15 is 0 Å². The summed E-state index contributed by atoms with van der Waals surface area (Å²) in [7, 11) is -3.58. The first kappa shape index (κ1) is 22.2. The van der Waals surface area contributed by atoms with Crippen molar-refractivity contribution in [2.24, 2.45) is 0 Å². The van der Waals surface area contributed by atoms with Crippen LogP contribution in [0.3, 0.4) is 0 Å². The van der Waals surface area contributed by atoms with Crippen molar-refractivity contribution in [1.29, 1.82) is 0 Å². The summed E-state index contributed by atoms with van der Waals surface area (Å²) in [5, 5.41) is 9.37. The standard InChI is InChI=1S/C22H23N5O4S2/c28-20(16-3-7-19(8-4-16)33(29,30)26-10-12-31-13-11-26)15-32-22-25-24-21(27(22)18-5-6-18)17-2-1-9-23-14-17/h1-4,7-9,14,18H,5-6,10-13,15H2. The number of ether oxygens (including phenoxy) is 1. The molecule has 172 valence electrons. The van der Waals surface area contributed by atoms with Crippen LogP contribution in [0.1, 0.15) is 29.2 Å². The van der Waals surface area contributed by atoms with Gasteiger partial charge in [-0.3, -0.25) is 14.3 Å². The fourth-order valence-electron chi connectivity index (χ4n) is 3.69. The minimum absolute atomic E-state index is 0.0939. The third kappa shape index (κ3) is 4.72. The average molecular weight is 486 g/mol. The lowest BCUT2D eigenvalue weighted by Crippen LogP contribution is -2.40. The van der Waals surface area contributed by atoms with E-state index in [2.05, 4.69) is 19.7 Å². The largest absolute Gasteiger partial charge is 0.379 e. The van der Waals surface area contributed by atoms with Crippen LogP contribution in [0.4, 0.5) is 0 Å². The number of morpholine rings is 1. The molecule has 0 spiro atoms. The van der Waals surface area contributed by atoms with E-state index in [1.807, 2.05) is 12.1 Å². The topological polar surface area (TPSA) is 107 Å². The molecular weight excluding hydrogens is 462 g/mol. The summed E-state index contributed by atoms with van der Waals surface area (Å²) < 4.78 is 34.3. The van der Waals surface area contributed by atoms with Crippen molar-refractivity contribution < 1.29 is 17.9 Å². The van der Waals surface area contributed by atoms with Gasteiger partial charge in [0.2, 0.25) is 10.0 Å². The minimum atomic E-state index is -3.58. The number of pyridine rings is 1. The highest BCUT2D eigenvalue weighted by atomic mass is 32.2. The van der Waals surface area contributed by atoms with Gasteiger partial charge in [-0.2, -0.15) is 4.31 Å². The van der Waals surface area contributed by atoms with Gasteiger partial charge in [0, 0.05) is 42.7 Å². The monoisotopic (exact) mass is 485 g/mol. The van der Waals surface area contributed by atoms with Gasteiger partial charge in [-0.15, -0.1) is 10.2 Å². The molecular formula is C22H23N5O4S2. The molecule has 0 radical (unpaired) electrons. The molecule has 0 unspecified atom stereocenters. The minimum Gasteiger partial charge on any atom is -0.379 e. The Bertz CT molecular complexity index is 1240. The lowest BCUT2D eigenvalue weighted by atomic mass is 10.1. The molecule has 2 fully saturated rings. The number of nitrogens with zero attached hydrogens (tertiary/aromatic N) is 5. The Balaban J connectivity index is 1.28. The molecule has 1 saturated carbocycles. The van der Waals surface area contributed by atoms with Gasteiger partial charge < -0.3 is 4.74 Å². The molecule has 33 heavy (non-hydrogen) atoms. The number of ketones is 1. The fraction of sp³-hybridized carbons (Fsp3) is 0.364. The van der Waals surface area contributed by atoms with Gasteiger partial charge in [-0.05, 0) is 37.1 Å². The SMILES string of the molecule is O=C(CSc1nnc(-c2cccnc2)n1C1CC1)c1ccc(S(=O)(=O)N2CCOCC2)cc1. The van der Waals surface area contributed by atoms with E-state index < -0.39 is 10.0 Å². The molecule has 1 aliphatic heterocycles. The second-order valence-electron chi connectivity index (χ2n) is 7.90. The third-order valence-corrected chi connectivity index (χ3v) is 8.47. The molecule has 9 nitrogen and oxygen atoms in total. The van der Waals surface area contributed by atoms with Gasteiger partial charge in [-0.1, -0.05) is 23.9 Å². The molecule has 1 aromatic carbocycles. The van der Waals surface area contributed by atoms with Crippen molar-refractivity contribution in [2.45, 2.75) is 28.9 Å². The number of rotatable bonds is 8. The van der Waals surface area contributed by atoms with E-state index in [4.69, 9.17) is 4.74 Å². The number of sulfonamides is 1. The molecule has 5 rings (SSSR count). The Hall–Kier alpha value is -2.60. The summed E-state index contributed by atoms with van der Waals surface area (Å²) in [6, 6.07) is 10.3. The van der Waals surface area contributed by atoms with E-state index in [0.717, 1.165) is 24.2 Å². The number of aromatic nitrogens is 4. The summed E-state index contributed by atoms with van der Waals surface area (Å²) >= 11 is 1.35. The number of hydrogen-bond donors (Lipinski definition) is 0. The summed E-state index contributed by atoms with van der Waals surface area (Å²) in [6.07, 6.45) is 5.60. The molecule has 0 bridgehead atoms. The van der Waals surface area contributed by atoms with Gasteiger partial charge in [0.25, 0.3) is 0 Å². The van der Waals surface area contributed by atoms with Crippen molar-refractivity contribution >= 4 is 27.6 Å². The highest BCUT2D eigenvalue weighted by molar-refractivity contribution is 7.99. The first-order valence-corrected chi connectivity index (χ1v) is 13.2. The molecule has 2 aromatic heterocycles. The zero-order chi connectivity index (χ0) is 22.8. The van der Waals surface area contributed by atoms with E-state index in [-0.39, 0.29) is 16.4 Å². The predicted octanol–water partition coefficient (Wildman–Crippen LogP) is 2.67. The van der Waals surface area contributed by atoms with Crippen molar-refractivity contribution in [2.75, 3.05) is 32.1 Å². The molecule has 0 atom stereocenters. The maximum absolute atomic E-state index is 12.8. The van der Waals surface area contributed by atoms with E-state index in [9.17, 15) is 13.2 Å². The fourth-order valence-corrected chi connectivity index (χ4v) is 6.00. The van der Waals surface area contributed by atoms with Crippen LogP contribution in [-0.2, 0) is 14.8 Å². The Morgan fingerprint density at radius 1 is 1.09 bits per heavy atom. The lowest BCUT2D eigenvalue weighted by molar-refractivity contribution is 0.0730. The van der Waals surface area contributed by atoms with Gasteiger partial charge >= 0.3 is 0 Å². The number of hydrogen-bond acceptors (Lipinski definition) is 8. The molecule has 3 aromatic rings. The van der Waals surface area contributed by atoms with Crippen molar-refractivity contribution in [1.82, 2.24) is 24.1 Å². The van der Waals surface area contributed by atoms with Crippen LogP contribution in [0, 0.1) is 0 Å². The highest BCUT2D eigenvalue weighted by Crippen LogP contribution is 2.41. The van der Waals surface area contributed by atoms with Crippen LogP contribution in [0.15, 0.2) is 58.8 Å². The van der Waals surface area contributed by atoms with Crippen molar-refractivity contribution in [3.05, 3.63) is 54.4 Å². The average Bonchev–Trinajstić information content (AvgIpc) is 3.62. The molecule has 0 amide bonds. The van der Waals surface area contributed by atoms with Crippen LogP contribution in [0.5, 0.6) is 0 Å². The Labute approximate surface area is 196 Å². The quantitative estimate of drug-likeness (QED) is 0.354. The second-order valence-corrected chi connectivity index (χ2v) is 10.8. The first-order chi connectivity index (χ1) is 16.0. The van der Waals surface area contributed by atoms with E-state index in [1.54, 1.807) is 24.5 Å². The Morgan fingerprint density at radius 2 is 1.85 bits per heavy atom. The number of Topliss-reactive ketones (excluding diaryl/α,β-unsaturated/α-hetero) is 1. The highest BCUT2D eigenvalue weighted by Gasteiger charge is 2.31. The molecule has 1 saturated heterocycles. The molecule has 2 aliphatic rings. The third-order valence-electron chi connectivity index (χ3n) is 5.61. The number of carbonyl (C=O) groups excluding carboxylic acids is 1. The maximum atomic E-state index is 12.8. The summed E-state index contributed by atoms with van der Waals surface area (Å²) in [5.41, 5.74) is 1.36. The van der Waals surface area contributed by atoms with Crippen LogP contribution < -0.4 is 0 Å². The maximum Gasteiger partial charge on any atom is 0.243 e. The number of carbonyl (C=O) groups is 1. The lowest BCUT2D eigenvalue weighted by Gasteiger charge is -2.26. The van der Waals surface area contributed by atoms with Crippen LogP contribution >= 0.6 is 11.8 Å². The molecule has 11 heteroatoms. The summed E-state index contributed by atoms with van der Waals surface area (Å²) in [4.78, 5) is 17.1.